The molecule has 32 heavy (non-hydrogen) atoms. The van der Waals surface area contributed by atoms with Gasteiger partial charge in [0, 0.05) is 37.3 Å². The number of carbonyl (C=O) groups is 2. The van der Waals surface area contributed by atoms with Crippen molar-refractivity contribution in [3.8, 4) is 11.5 Å². The number of anilines is 1. The Morgan fingerprint density at radius 2 is 1.84 bits per heavy atom. The van der Waals surface area contributed by atoms with E-state index in [0.717, 1.165) is 24.9 Å². The third kappa shape index (κ3) is 4.18. The molecule has 0 unspecified atom stereocenters. The van der Waals surface area contributed by atoms with Gasteiger partial charge in [-0.3, -0.25) is 9.59 Å². The SMILES string of the molecule is CCOc1ccc(C(=O)N2CCC(N3C(=O)CCc4c(C)cc(C)cc43)CC2)c(OC)c1. The maximum absolute atomic E-state index is 13.2. The molecule has 2 aliphatic heterocycles. The van der Waals surface area contributed by atoms with Crippen LogP contribution in [0, 0.1) is 13.8 Å². The molecule has 4 rings (SSSR count). The van der Waals surface area contributed by atoms with Crippen LogP contribution in [0.4, 0.5) is 5.69 Å². The van der Waals surface area contributed by atoms with Gasteiger partial charge < -0.3 is 19.3 Å². The molecule has 2 amide bonds. The minimum absolute atomic E-state index is 0.0413. The van der Waals surface area contributed by atoms with E-state index in [9.17, 15) is 9.59 Å². The molecule has 2 aliphatic rings. The summed E-state index contributed by atoms with van der Waals surface area (Å²) in [5.41, 5.74) is 5.33. The average molecular weight is 437 g/mol. The number of nitrogens with zero attached hydrogens (tertiary/aromatic N) is 2. The lowest BCUT2D eigenvalue weighted by Crippen LogP contribution is -2.50. The number of rotatable bonds is 5. The van der Waals surface area contributed by atoms with Crippen molar-refractivity contribution in [2.24, 2.45) is 0 Å². The summed E-state index contributed by atoms with van der Waals surface area (Å²) >= 11 is 0. The lowest BCUT2D eigenvalue weighted by molar-refractivity contribution is -0.119. The van der Waals surface area contributed by atoms with Gasteiger partial charge in [-0.25, -0.2) is 0 Å². The lowest BCUT2D eigenvalue weighted by atomic mass is 9.91. The second-order valence-corrected chi connectivity index (χ2v) is 8.66. The number of amides is 2. The van der Waals surface area contributed by atoms with Gasteiger partial charge in [-0.15, -0.1) is 0 Å². The van der Waals surface area contributed by atoms with Crippen LogP contribution in [0.25, 0.3) is 0 Å². The molecule has 0 aromatic heterocycles. The Kier molecular flexibility index (Phi) is 6.40. The Balaban J connectivity index is 1.50. The number of methoxy groups -OCH3 is 1. The Labute approximate surface area is 190 Å². The molecule has 2 aromatic carbocycles. The number of piperidine rings is 1. The van der Waals surface area contributed by atoms with E-state index in [1.54, 1.807) is 25.3 Å². The maximum atomic E-state index is 13.2. The first-order valence-electron chi connectivity index (χ1n) is 11.4. The number of carbonyl (C=O) groups excluding carboxylic acids is 2. The van der Waals surface area contributed by atoms with Gasteiger partial charge in [0.15, 0.2) is 0 Å². The van der Waals surface area contributed by atoms with Crippen LogP contribution in [0.1, 0.15) is 53.2 Å². The number of hydrogen-bond acceptors (Lipinski definition) is 4. The molecule has 0 spiro atoms. The molecular formula is C26H32N2O4. The van der Waals surface area contributed by atoms with E-state index >= 15 is 0 Å². The van der Waals surface area contributed by atoms with Crippen molar-refractivity contribution in [1.82, 2.24) is 4.90 Å². The smallest absolute Gasteiger partial charge is 0.257 e. The number of likely N-dealkylation sites (tertiary alicyclic amines) is 1. The van der Waals surface area contributed by atoms with E-state index in [2.05, 4.69) is 26.0 Å². The average Bonchev–Trinajstić information content (AvgIpc) is 2.78. The molecule has 0 saturated carbocycles. The van der Waals surface area contributed by atoms with Crippen LogP contribution in [0.2, 0.25) is 0 Å². The van der Waals surface area contributed by atoms with E-state index in [4.69, 9.17) is 9.47 Å². The Morgan fingerprint density at radius 1 is 1.09 bits per heavy atom. The number of benzene rings is 2. The predicted molar refractivity (Wildman–Crippen MR) is 125 cm³/mol. The van der Waals surface area contributed by atoms with Gasteiger partial charge in [0.2, 0.25) is 5.91 Å². The summed E-state index contributed by atoms with van der Waals surface area (Å²) < 4.78 is 11.0. The predicted octanol–water partition coefficient (Wildman–Crippen LogP) is 4.29. The summed E-state index contributed by atoms with van der Waals surface area (Å²) in [6.07, 6.45) is 2.90. The van der Waals surface area contributed by atoms with Gasteiger partial charge in [0.05, 0.1) is 19.3 Å². The maximum Gasteiger partial charge on any atom is 0.257 e. The summed E-state index contributed by atoms with van der Waals surface area (Å²) in [6.45, 7) is 7.92. The van der Waals surface area contributed by atoms with E-state index in [1.807, 2.05) is 16.7 Å². The fourth-order valence-electron chi connectivity index (χ4n) is 5.00. The van der Waals surface area contributed by atoms with E-state index < -0.39 is 0 Å². The third-order valence-electron chi connectivity index (χ3n) is 6.54. The van der Waals surface area contributed by atoms with Crippen LogP contribution in [-0.2, 0) is 11.2 Å². The molecule has 6 nitrogen and oxygen atoms in total. The molecule has 0 radical (unpaired) electrons. The van der Waals surface area contributed by atoms with Crippen LogP contribution in [0.15, 0.2) is 30.3 Å². The molecule has 6 heteroatoms. The highest BCUT2D eigenvalue weighted by Gasteiger charge is 2.35. The normalized spacial score (nSPS) is 16.7. The van der Waals surface area contributed by atoms with Crippen molar-refractivity contribution in [1.29, 1.82) is 0 Å². The molecule has 2 aromatic rings. The largest absolute Gasteiger partial charge is 0.496 e. The van der Waals surface area contributed by atoms with Crippen molar-refractivity contribution in [2.75, 3.05) is 31.7 Å². The van der Waals surface area contributed by atoms with Gasteiger partial charge in [-0.1, -0.05) is 6.07 Å². The van der Waals surface area contributed by atoms with Gasteiger partial charge in [0.25, 0.3) is 5.91 Å². The second-order valence-electron chi connectivity index (χ2n) is 8.66. The van der Waals surface area contributed by atoms with E-state index in [-0.39, 0.29) is 17.9 Å². The monoisotopic (exact) mass is 436 g/mol. The quantitative estimate of drug-likeness (QED) is 0.701. The van der Waals surface area contributed by atoms with Gasteiger partial charge >= 0.3 is 0 Å². The zero-order valence-electron chi connectivity index (χ0n) is 19.4. The highest BCUT2D eigenvalue weighted by molar-refractivity contribution is 5.98. The van der Waals surface area contributed by atoms with Crippen LogP contribution in [-0.4, -0.2) is 49.6 Å². The van der Waals surface area contributed by atoms with Crippen LogP contribution in [0.3, 0.4) is 0 Å². The topological polar surface area (TPSA) is 59.1 Å². The molecule has 170 valence electrons. The second kappa shape index (κ2) is 9.23. The summed E-state index contributed by atoms with van der Waals surface area (Å²) in [5.74, 6) is 1.36. The minimum atomic E-state index is -0.0413. The van der Waals surface area contributed by atoms with E-state index in [0.29, 0.717) is 43.2 Å². The van der Waals surface area contributed by atoms with Gasteiger partial charge in [0.1, 0.15) is 11.5 Å². The summed E-state index contributed by atoms with van der Waals surface area (Å²) in [5, 5.41) is 0. The first-order valence-corrected chi connectivity index (χ1v) is 11.4. The molecule has 0 aliphatic carbocycles. The fraction of sp³-hybridized carbons (Fsp3) is 0.462. The zero-order chi connectivity index (χ0) is 22.8. The van der Waals surface area contributed by atoms with Crippen LogP contribution < -0.4 is 14.4 Å². The molecule has 1 saturated heterocycles. The van der Waals surface area contributed by atoms with Crippen molar-refractivity contribution >= 4 is 17.5 Å². The Morgan fingerprint density at radius 3 is 2.53 bits per heavy atom. The highest BCUT2D eigenvalue weighted by Crippen LogP contribution is 2.36. The lowest BCUT2D eigenvalue weighted by Gasteiger charge is -2.41. The van der Waals surface area contributed by atoms with E-state index in [1.165, 1.54) is 16.7 Å². The summed E-state index contributed by atoms with van der Waals surface area (Å²) in [4.78, 5) is 30.0. The van der Waals surface area contributed by atoms with Crippen molar-refractivity contribution < 1.29 is 19.1 Å². The van der Waals surface area contributed by atoms with Gasteiger partial charge in [-0.05, 0) is 74.9 Å². The van der Waals surface area contributed by atoms with Crippen LogP contribution in [0.5, 0.6) is 11.5 Å². The first-order chi connectivity index (χ1) is 15.4. The van der Waals surface area contributed by atoms with Crippen molar-refractivity contribution in [3.05, 3.63) is 52.6 Å². The number of fused-ring (bicyclic) bond motifs is 1. The first kappa shape index (κ1) is 22.2. The summed E-state index contributed by atoms with van der Waals surface area (Å²) in [7, 11) is 1.57. The Hall–Kier alpha value is -3.02. The van der Waals surface area contributed by atoms with Crippen molar-refractivity contribution in [3.63, 3.8) is 0 Å². The van der Waals surface area contributed by atoms with Crippen LogP contribution >= 0.6 is 0 Å². The Bertz CT molecular complexity index is 1020. The fourth-order valence-corrected chi connectivity index (χ4v) is 5.00. The molecule has 0 N–H and O–H groups in total. The molecule has 0 bridgehead atoms. The molecule has 0 atom stereocenters. The number of aryl methyl sites for hydroxylation is 2. The molecule has 1 fully saturated rings. The zero-order valence-corrected chi connectivity index (χ0v) is 19.4. The molecule has 2 heterocycles. The standard InChI is InChI=1S/C26H32N2O4/c1-5-32-20-6-7-22(24(16-20)31-4)26(30)27-12-10-19(11-13-27)28-23-15-17(2)14-18(3)21(23)8-9-25(28)29/h6-7,14-16,19H,5,8-13H2,1-4H3. The van der Waals surface area contributed by atoms with Gasteiger partial charge in [-0.2, -0.15) is 0 Å². The number of hydrogen-bond donors (Lipinski definition) is 0. The summed E-state index contributed by atoms with van der Waals surface area (Å²) in [6, 6.07) is 9.79. The third-order valence-corrected chi connectivity index (χ3v) is 6.54. The molecular weight excluding hydrogens is 404 g/mol. The highest BCUT2D eigenvalue weighted by atomic mass is 16.5. The van der Waals surface area contributed by atoms with Crippen molar-refractivity contribution in [2.45, 2.75) is 52.5 Å². The minimum Gasteiger partial charge on any atom is -0.496 e. The number of ether oxygens (including phenoxy) is 2.